The number of pyridine rings is 1. The van der Waals surface area contributed by atoms with E-state index in [9.17, 15) is 14.7 Å². The number of aromatic nitrogens is 1. The van der Waals surface area contributed by atoms with Gasteiger partial charge < -0.3 is 14.7 Å². The first-order valence-electron chi connectivity index (χ1n) is 11.2. The number of amides is 1. The van der Waals surface area contributed by atoms with E-state index in [1.165, 1.54) is 6.07 Å². The number of ether oxygens (including phenoxy) is 1. The smallest absolute Gasteiger partial charge is 0.278 e. The number of carbonyl (C=O) groups excluding carboxylic acids is 1. The molecule has 2 bridgehead atoms. The van der Waals surface area contributed by atoms with Gasteiger partial charge in [0.15, 0.2) is 11.4 Å². The highest BCUT2D eigenvalue weighted by Crippen LogP contribution is 2.47. The van der Waals surface area contributed by atoms with Crippen molar-refractivity contribution in [3.05, 3.63) is 105 Å². The van der Waals surface area contributed by atoms with E-state index >= 15 is 0 Å². The maximum Gasteiger partial charge on any atom is 0.278 e. The topological polar surface area (TPSA) is 75.0 Å². The SMILES string of the molecule is O=C1c2c(O)c(=O)ccn2N2CN1C1(/C=C/COc3c(Cl)cccc3[C@@H]2c2ccccc2)CC1. The van der Waals surface area contributed by atoms with Gasteiger partial charge in [0.25, 0.3) is 5.91 Å². The van der Waals surface area contributed by atoms with Crippen LogP contribution < -0.4 is 15.2 Å². The highest BCUT2D eigenvalue weighted by Gasteiger charge is 2.52. The Hall–Kier alpha value is -3.71. The molecule has 0 saturated heterocycles. The lowest BCUT2D eigenvalue weighted by Crippen LogP contribution is -2.58. The van der Waals surface area contributed by atoms with Gasteiger partial charge in [0, 0.05) is 17.8 Å². The molecular weight excluding hydrogens is 454 g/mol. The number of benzene rings is 2. The molecule has 3 aliphatic rings. The second-order valence-corrected chi connectivity index (χ2v) is 9.23. The van der Waals surface area contributed by atoms with Crippen molar-refractivity contribution >= 4 is 17.5 Å². The quantitative estimate of drug-likeness (QED) is 0.541. The highest BCUT2D eigenvalue weighted by atomic mass is 35.5. The molecule has 1 aliphatic carbocycles. The van der Waals surface area contributed by atoms with Gasteiger partial charge in [-0.2, -0.15) is 0 Å². The second-order valence-electron chi connectivity index (χ2n) is 8.82. The van der Waals surface area contributed by atoms with Crippen LogP contribution in [0.25, 0.3) is 0 Å². The summed E-state index contributed by atoms with van der Waals surface area (Å²) in [4.78, 5) is 27.8. The van der Waals surface area contributed by atoms with Crippen LogP contribution in [0, 0.1) is 0 Å². The predicted molar refractivity (Wildman–Crippen MR) is 128 cm³/mol. The zero-order valence-corrected chi connectivity index (χ0v) is 19.0. The van der Waals surface area contributed by atoms with Crippen molar-refractivity contribution < 1.29 is 14.6 Å². The number of rotatable bonds is 1. The fraction of sp³-hybridized carbons (Fsp3) is 0.231. The van der Waals surface area contributed by atoms with E-state index in [0.717, 1.165) is 24.0 Å². The van der Waals surface area contributed by atoms with Crippen LogP contribution in [0.4, 0.5) is 0 Å². The van der Waals surface area contributed by atoms with Crippen molar-refractivity contribution in [1.82, 2.24) is 9.58 Å². The average molecular weight is 476 g/mol. The summed E-state index contributed by atoms with van der Waals surface area (Å²) in [6, 6.07) is 16.3. The number of aromatic hydroxyl groups is 1. The molecule has 3 aromatic rings. The summed E-state index contributed by atoms with van der Waals surface area (Å²) in [5.41, 5.74) is 0.656. The molecule has 2 aromatic carbocycles. The molecule has 1 spiro atoms. The number of para-hydroxylation sites is 1. The maximum atomic E-state index is 13.6. The number of hydrogen-bond donors (Lipinski definition) is 1. The molecule has 7 nitrogen and oxygen atoms in total. The molecule has 1 saturated carbocycles. The van der Waals surface area contributed by atoms with Gasteiger partial charge in [-0.25, -0.2) is 0 Å². The van der Waals surface area contributed by atoms with Crippen molar-refractivity contribution in [2.45, 2.75) is 24.4 Å². The monoisotopic (exact) mass is 475 g/mol. The summed E-state index contributed by atoms with van der Waals surface area (Å²) >= 11 is 6.61. The molecule has 1 atom stereocenters. The van der Waals surface area contributed by atoms with Crippen molar-refractivity contribution in [1.29, 1.82) is 0 Å². The minimum atomic E-state index is -0.589. The van der Waals surface area contributed by atoms with Crippen LogP contribution in [0.3, 0.4) is 0 Å². The van der Waals surface area contributed by atoms with E-state index in [1.807, 2.05) is 59.6 Å². The van der Waals surface area contributed by atoms with Gasteiger partial charge in [-0.05, 0) is 30.5 Å². The number of hydrogen-bond acceptors (Lipinski definition) is 5. The third-order valence-electron chi connectivity index (χ3n) is 6.82. The highest BCUT2D eigenvalue weighted by molar-refractivity contribution is 6.32. The first kappa shape index (κ1) is 20.9. The van der Waals surface area contributed by atoms with Gasteiger partial charge in [0.05, 0.1) is 10.6 Å². The molecule has 1 N–H and O–H groups in total. The van der Waals surface area contributed by atoms with Gasteiger partial charge in [-0.3, -0.25) is 19.3 Å². The van der Waals surface area contributed by atoms with Crippen LogP contribution >= 0.6 is 11.6 Å². The Labute approximate surface area is 201 Å². The molecule has 0 unspecified atom stereocenters. The number of carbonyl (C=O) groups is 1. The minimum absolute atomic E-state index is 0.0388. The number of halogens is 1. The van der Waals surface area contributed by atoms with Crippen molar-refractivity contribution in [3.63, 3.8) is 0 Å². The summed E-state index contributed by atoms with van der Waals surface area (Å²) in [5, 5.41) is 13.2. The lowest BCUT2D eigenvalue weighted by atomic mass is 9.96. The Morgan fingerprint density at radius 2 is 1.82 bits per heavy atom. The van der Waals surface area contributed by atoms with E-state index in [-0.39, 0.29) is 18.3 Å². The van der Waals surface area contributed by atoms with Gasteiger partial charge in [0.2, 0.25) is 5.43 Å². The van der Waals surface area contributed by atoms with Crippen molar-refractivity contribution in [2.75, 3.05) is 18.3 Å². The molecule has 34 heavy (non-hydrogen) atoms. The van der Waals surface area contributed by atoms with Gasteiger partial charge in [-0.1, -0.05) is 60.1 Å². The third-order valence-corrected chi connectivity index (χ3v) is 7.12. The van der Waals surface area contributed by atoms with E-state index in [2.05, 4.69) is 0 Å². The lowest BCUT2D eigenvalue weighted by Gasteiger charge is -2.46. The Bertz CT molecular complexity index is 1380. The summed E-state index contributed by atoms with van der Waals surface area (Å²) in [6.45, 7) is 0.558. The fourth-order valence-corrected chi connectivity index (χ4v) is 5.22. The maximum absolute atomic E-state index is 13.6. The zero-order chi connectivity index (χ0) is 23.4. The van der Waals surface area contributed by atoms with E-state index < -0.39 is 22.8 Å². The first-order valence-corrected chi connectivity index (χ1v) is 11.6. The molecule has 8 heteroatoms. The fourth-order valence-electron chi connectivity index (χ4n) is 4.98. The van der Waals surface area contributed by atoms with Gasteiger partial charge >= 0.3 is 0 Å². The minimum Gasteiger partial charge on any atom is -0.502 e. The second kappa shape index (κ2) is 7.67. The molecule has 6 rings (SSSR count). The van der Waals surface area contributed by atoms with E-state index in [4.69, 9.17) is 16.3 Å². The summed E-state index contributed by atoms with van der Waals surface area (Å²) in [6.07, 6.45) is 7.04. The van der Waals surface area contributed by atoms with Gasteiger partial charge in [0.1, 0.15) is 25.1 Å². The Morgan fingerprint density at radius 1 is 1.03 bits per heavy atom. The van der Waals surface area contributed by atoms with Crippen LogP contribution in [0.5, 0.6) is 11.5 Å². The molecule has 172 valence electrons. The summed E-state index contributed by atoms with van der Waals surface area (Å²) < 4.78 is 7.76. The standard InChI is InChI=1S/C26H22ClN3O4/c27-19-9-4-8-18-21(17-6-2-1-3-7-17)30-16-28(26(12-13-26)11-5-15-34-24(18)19)25(33)22-23(32)20(31)10-14-29(22)30/h1-11,14,21,32H,12-13,15-16H2/b11-5+/t21-/m0/s1. The largest absolute Gasteiger partial charge is 0.502 e. The average Bonchev–Trinajstić information content (AvgIpc) is 3.63. The summed E-state index contributed by atoms with van der Waals surface area (Å²) in [5.74, 6) is -0.359. The van der Waals surface area contributed by atoms with Crippen molar-refractivity contribution in [2.24, 2.45) is 0 Å². The summed E-state index contributed by atoms with van der Waals surface area (Å²) in [7, 11) is 0. The normalized spacial score (nSPS) is 21.2. The molecule has 1 fully saturated rings. The molecule has 2 aliphatic heterocycles. The van der Waals surface area contributed by atoms with Crippen LogP contribution in [0.15, 0.2) is 77.7 Å². The number of nitrogens with zero attached hydrogens (tertiary/aromatic N) is 3. The Kier molecular flexibility index (Phi) is 4.71. The predicted octanol–water partition coefficient (Wildman–Crippen LogP) is 3.83. The van der Waals surface area contributed by atoms with Crippen molar-refractivity contribution in [3.8, 4) is 11.5 Å². The van der Waals surface area contributed by atoms with Crippen LogP contribution in [0.1, 0.15) is 40.5 Å². The number of fused-ring (bicyclic) bond motifs is 6. The lowest BCUT2D eigenvalue weighted by molar-refractivity contribution is 0.0606. The molecule has 3 heterocycles. The van der Waals surface area contributed by atoms with E-state index in [0.29, 0.717) is 17.4 Å². The molecule has 0 radical (unpaired) electrons. The van der Waals surface area contributed by atoms with Crippen LogP contribution in [-0.2, 0) is 0 Å². The molecule has 1 amide bonds. The van der Waals surface area contributed by atoms with Gasteiger partial charge in [-0.15, -0.1) is 0 Å². The molecule has 1 aromatic heterocycles. The van der Waals surface area contributed by atoms with E-state index in [1.54, 1.807) is 21.8 Å². The van der Waals surface area contributed by atoms with Crippen LogP contribution in [0.2, 0.25) is 5.02 Å². The Balaban J connectivity index is 1.67. The van der Waals surface area contributed by atoms with Crippen LogP contribution in [-0.4, -0.2) is 39.4 Å². The third kappa shape index (κ3) is 3.11. The molecular formula is C26H22ClN3O4. The Morgan fingerprint density at radius 3 is 2.59 bits per heavy atom. The first-order chi connectivity index (χ1) is 16.5. The zero-order valence-electron chi connectivity index (χ0n) is 18.2.